The minimum absolute atomic E-state index is 0.155. The van der Waals surface area contributed by atoms with Crippen molar-refractivity contribution in [2.24, 2.45) is 0 Å². The van der Waals surface area contributed by atoms with Crippen molar-refractivity contribution in [1.29, 1.82) is 0 Å². The van der Waals surface area contributed by atoms with Gasteiger partial charge in [0.05, 0.1) is 18.5 Å². The highest BCUT2D eigenvalue weighted by atomic mass is 32.2. The van der Waals surface area contributed by atoms with Crippen LogP contribution >= 0.6 is 0 Å². The Morgan fingerprint density at radius 2 is 1.58 bits per heavy atom. The summed E-state index contributed by atoms with van der Waals surface area (Å²) in [6.07, 6.45) is 2.64. The van der Waals surface area contributed by atoms with Crippen LogP contribution in [-0.4, -0.2) is 33.7 Å². The molecular formula is C17H18N4O2S. The molecule has 1 aromatic heterocycles. The lowest BCUT2D eigenvalue weighted by molar-refractivity contribution is 0.392. The van der Waals surface area contributed by atoms with Crippen LogP contribution in [0.25, 0.3) is 5.69 Å². The van der Waals surface area contributed by atoms with Crippen LogP contribution in [0.15, 0.2) is 67.0 Å². The zero-order chi connectivity index (χ0) is 17.0. The summed E-state index contributed by atoms with van der Waals surface area (Å²) < 4.78 is 27.4. The molecule has 0 bridgehead atoms. The van der Waals surface area contributed by atoms with Crippen molar-refractivity contribution in [3.05, 3.63) is 78.4 Å². The number of rotatable bonds is 6. The number of benzene rings is 2. The molecule has 24 heavy (non-hydrogen) atoms. The van der Waals surface area contributed by atoms with Crippen LogP contribution in [0, 0.1) is 0 Å². The molecule has 0 unspecified atom stereocenters. The molecule has 0 saturated heterocycles. The summed E-state index contributed by atoms with van der Waals surface area (Å²) in [4.78, 5) is 4.23. The van der Waals surface area contributed by atoms with Crippen molar-refractivity contribution >= 4 is 10.0 Å². The number of hydrogen-bond acceptors (Lipinski definition) is 4. The van der Waals surface area contributed by atoms with Gasteiger partial charge in [0.15, 0.2) is 0 Å². The molecular weight excluding hydrogens is 324 g/mol. The van der Waals surface area contributed by atoms with E-state index in [0.717, 1.165) is 11.3 Å². The van der Waals surface area contributed by atoms with Gasteiger partial charge in [-0.05, 0) is 17.7 Å². The molecule has 0 radical (unpaired) electrons. The van der Waals surface area contributed by atoms with E-state index in [1.165, 1.54) is 16.9 Å². The van der Waals surface area contributed by atoms with E-state index in [-0.39, 0.29) is 6.54 Å². The Labute approximate surface area is 141 Å². The van der Waals surface area contributed by atoms with E-state index in [2.05, 4.69) is 10.1 Å². The van der Waals surface area contributed by atoms with Gasteiger partial charge in [0.25, 0.3) is 0 Å². The molecule has 0 fully saturated rings. The third-order valence-corrected chi connectivity index (χ3v) is 4.80. The van der Waals surface area contributed by atoms with Crippen molar-refractivity contribution < 1.29 is 8.42 Å². The Bertz CT molecular complexity index is 893. The van der Waals surface area contributed by atoms with Gasteiger partial charge in [-0.3, -0.25) is 0 Å². The maximum absolute atomic E-state index is 12.2. The Kier molecular flexibility index (Phi) is 4.73. The highest BCUT2D eigenvalue weighted by Gasteiger charge is 2.20. The van der Waals surface area contributed by atoms with E-state index in [1.807, 2.05) is 60.7 Å². The summed E-state index contributed by atoms with van der Waals surface area (Å²) in [7, 11) is -3.39. The van der Waals surface area contributed by atoms with Gasteiger partial charge >= 0.3 is 0 Å². The molecule has 0 atom stereocenters. The van der Waals surface area contributed by atoms with Gasteiger partial charge in [0.1, 0.15) is 12.2 Å². The molecule has 0 aliphatic carbocycles. The van der Waals surface area contributed by atoms with Crippen molar-refractivity contribution in [2.45, 2.75) is 13.1 Å². The fourth-order valence-electron chi connectivity index (χ4n) is 2.39. The molecule has 0 N–H and O–H groups in total. The summed E-state index contributed by atoms with van der Waals surface area (Å²) in [6.45, 7) is 0.448. The first kappa shape index (κ1) is 16.4. The molecule has 0 aliphatic heterocycles. The highest BCUT2D eigenvalue weighted by molar-refractivity contribution is 7.88. The van der Waals surface area contributed by atoms with Crippen LogP contribution in [0.1, 0.15) is 11.4 Å². The number of aromatic nitrogens is 3. The smallest absolute Gasteiger partial charge is 0.211 e. The van der Waals surface area contributed by atoms with Gasteiger partial charge in [-0.15, -0.1) is 0 Å². The average Bonchev–Trinajstić information content (AvgIpc) is 3.03. The first-order chi connectivity index (χ1) is 11.5. The summed E-state index contributed by atoms with van der Waals surface area (Å²) in [5.41, 5.74) is 1.77. The van der Waals surface area contributed by atoms with E-state index in [1.54, 1.807) is 4.68 Å². The molecule has 7 heteroatoms. The van der Waals surface area contributed by atoms with Gasteiger partial charge in [-0.2, -0.15) is 9.40 Å². The highest BCUT2D eigenvalue weighted by Crippen LogP contribution is 2.14. The van der Waals surface area contributed by atoms with Crippen LogP contribution in [0.5, 0.6) is 0 Å². The molecule has 2 aromatic carbocycles. The maximum atomic E-state index is 12.2. The maximum Gasteiger partial charge on any atom is 0.211 e. The van der Waals surface area contributed by atoms with E-state index in [9.17, 15) is 8.42 Å². The van der Waals surface area contributed by atoms with Crippen LogP contribution in [0.4, 0.5) is 0 Å². The third kappa shape index (κ3) is 3.87. The standard InChI is InChI=1S/C17H18N4O2S/c1-24(22,23)20(12-15-8-4-2-5-9-15)13-17-18-14-19-21(17)16-10-6-3-7-11-16/h2-11,14H,12-13H2,1H3. The number of hydrogen-bond donors (Lipinski definition) is 0. The molecule has 0 amide bonds. The normalized spacial score (nSPS) is 11.8. The van der Waals surface area contributed by atoms with Crippen LogP contribution in [0.3, 0.4) is 0 Å². The third-order valence-electron chi connectivity index (χ3n) is 3.61. The summed E-state index contributed by atoms with van der Waals surface area (Å²) in [6, 6.07) is 19.0. The number of para-hydroxylation sites is 1. The SMILES string of the molecule is CS(=O)(=O)N(Cc1ccccc1)Cc1ncnn1-c1ccccc1. The van der Waals surface area contributed by atoms with Crippen molar-refractivity contribution in [2.75, 3.05) is 6.26 Å². The lowest BCUT2D eigenvalue weighted by atomic mass is 10.2. The second-order valence-electron chi connectivity index (χ2n) is 5.44. The van der Waals surface area contributed by atoms with Gasteiger partial charge in [0.2, 0.25) is 10.0 Å². The molecule has 3 aromatic rings. The summed E-state index contributed by atoms with van der Waals surface area (Å²) in [5, 5.41) is 4.21. The van der Waals surface area contributed by atoms with Gasteiger partial charge in [-0.25, -0.2) is 18.1 Å². The van der Waals surface area contributed by atoms with E-state index < -0.39 is 10.0 Å². The number of sulfonamides is 1. The Morgan fingerprint density at radius 1 is 0.958 bits per heavy atom. The van der Waals surface area contributed by atoms with Crippen LogP contribution in [-0.2, 0) is 23.1 Å². The van der Waals surface area contributed by atoms with Crippen LogP contribution < -0.4 is 0 Å². The van der Waals surface area contributed by atoms with E-state index in [4.69, 9.17) is 0 Å². The van der Waals surface area contributed by atoms with Gasteiger partial charge in [0, 0.05) is 6.54 Å². The first-order valence-corrected chi connectivity index (χ1v) is 9.32. The molecule has 0 spiro atoms. The molecule has 3 rings (SSSR count). The fourth-order valence-corrected chi connectivity index (χ4v) is 3.13. The lowest BCUT2D eigenvalue weighted by Crippen LogP contribution is -2.30. The largest absolute Gasteiger partial charge is 0.218 e. The summed E-state index contributed by atoms with van der Waals surface area (Å²) >= 11 is 0. The molecule has 6 nitrogen and oxygen atoms in total. The van der Waals surface area contributed by atoms with Crippen LogP contribution in [0.2, 0.25) is 0 Å². The molecule has 0 saturated carbocycles. The molecule has 124 valence electrons. The zero-order valence-electron chi connectivity index (χ0n) is 13.3. The van der Waals surface area contributed by atoms with Crippen molar-refractivity contribution in [1.82, 2.24) is 19.1 Å². The first-order valence-electron chi connectivity index (χ1n) is 7.47. The molecule has 0 aliphatic rings. The van der Waals surface area contributed by atoms with Gasteiger partial charge in [-0.1, -0.05) is 48.5 Å². The number of nitrogens with zero attached hydrogens (tertiary/aromatic N) is 4. The predicted octanol–water partition coefficient (Wildman–Crippen LogP) is 2.23. The topological polar surface area (TPSA) is 68.1 Å². The van der Waals surface area contributed by atoms with E-state index >= 15 is 0 Å². The Balaban J connectivity index is 1.88. The van der Waals surface area contributed by atoms with E-state index in [0.29, 0.717) is 12.4 Å². The Hall–Kier alpha value is -2.51. The quantitative estimate of drug-likeness (QED) is 0.689. The van der Waals surface area contributed by atoms with Gasteiger partial charge < -0.3 is 0 Å². The molecule has 1 heterocycles. The minimum Gasteiger partial charge on any atom is -0.218 e. The van der Waals surface area contributed by atoms with Crippen molar-refractivity contribution in [3.8, 4) is 5.69 Å². The second kappa shape index (κ2) is 6.94. The summed E-state index contributed by atoms with van der Waals surface area (Å²) in [5.74, 6) is 0.572. The minimum atomic E-state index is -3.39. The zero-order valence-corrected chi connectivity index (χ0v) is 14.1. The second-order valence-corrected chi connectivity index (χ2v) is 7.42. The monoisotopic (exact) mass is 342 g/mol. The predicted molar refractivity (Wildman–Crippen MR) is 91.9 cm³/mol. The van der Waals surface area contributed by atoms with Crippen molar-refractivity contribution in [3.63, 3.8) is 0 Å². The average molecular weight is 342 g/mol. The fraction of sp³-hybridized carbons (Fsp3) is 0.176. The Morgan fingerprint density at radius 3 is 2.21 bits per heavy atom. The lowest BCUT2D eigenvalue weighted by Gasteiger charge is -2.20.